The predicted octanol–water partition coefficient (Wildman–Crippen LogP) is 2.98. The summed E-state index contributed by atoms with van der Waals surface area (Å²) in [7, 11) is 0. The average molecular weight is 296 g/mol. The number of nitrogens with zero attached hydrogens (tertiary/aromatic N) is 1. The molecule has 1 aliphatic carbocycles. The van der Waals surface area contributed by atoms with Crippen LogP contribution >= 0.6 is 23.4 Å². The molecule has 1 aliphatic rings. The van der Waals surface area contributed by atoms with Gasteiger partial charge in [0.1, 0.15) is 0 Å². The summed E-state index contributed by atoms with van der Waals surface area (Å²) in [6, 6.07) is 5.91. The monoisotopic (exact) mass is 295 g/mol. The van der Waals surface area contributed by atoms with Crippen LogP contribution in [0.2, 0.25) is 5.02 Å². The molecule has 0 unspecified atom stereocenters. The van der Waals surface area contributed by atoms with Crippen LogP contribution in [0.5, 0.6) is 0 Å². The van der Waals surface area contributed by atoms with Crippen LogP contribution in [0.4, 0.5) is 0 Å². The molecule has 1 atom stereocenters. The number of nitrogens with one attached hydrogen (secondary N) is 2. The first-order valence-electron chi connectivity index (χ1n) is 6.24. The summed E-state index contributed by atoms with van der Waals surface area (Å²) in [6.07, 6.45) is 2.21. The minimum Gasteiger partial charge on any atom is -0.352 e. The third-order valence-corrected chi connectivity index (χ3v) is 4.22. The number of rotatable bonds is 4. The van der Waals surface area contributed by atoms with Crippen LogP contribution in [0.1, 0.15) is 19.8 Å². The Bertz CT molecular complexity index is 623. The quantitative estimate of drug-likeness (QED) is 0.853. The molecular weight excluding hydrogens is 282 g/mol. The van der Waals surface area contributed by atoms with Crippen LogP contribution in [0, 0.1) is 0 Å². The highest BCUT2D eigenvalue weighted by molar-refractivity contribution is 8.00. The molecule has 4 nitrogen and oxygen atoms in total. The fraction of sp³-hybridized carbons (Fsp3) is 0.385. The lowest BCUT2D eigenvalue weighted by molar-refractivity contribution is -0.120. The second-order valence-corrected chi connectivity index (χ2v) is 6.51. The molecule has 6 heteroatoms. The van der Waals surface area contributed by atoms with Crippen LogP contribution in [0.15, 0.2) is 23.4 Å². The van der Waals surface area contributed by atoms with E-state index >= 15 is 0 Å². The molecule has 19 heavy (non-hydrogen) atoms. The highest BCUT2D eigenvalue weighted by atomic mass is 35.5. The number of halogens is 1. The Hall–Kier alpha value is -1.20. The number of imidazole rings is 1. The molecule has 0 aliphatic heterocycles. The van der Waals surface area contributed by atoms with Crippen molar-refractivity contribution in [3.8, 4) is 0 Å². The van der Waals surface area contributed by atoms with E-state index < -0.39 is 0 Å². The van der Waals surface area contributed by atoms with E-state index in [1.165, 1.54) is 11.8 Å². The van der Waals surface area contributed by atoms with E-state index in [9.17, 15) is 4.79 Å². The Kier molecular flexibility index (Phi) is 3.41. The Morgan fingerprint density at radius 3 is 3.11 bits per heavy atom. The number of aromatic nitrogens is 2. The molecule has 1 aromatic heterocycles. The van der Waals surface area contributed by atoms with E-state index in [0.29, 0.717) is 11.1 Å². The van der Waals surface area contributed by atoms with Gasteiger partial charge in [0.15, 0.2) is 5.16 Å². The van der Waals surface area contributed by atoms with Gasteiger partial charge < -0.3 is 10.3 Å². The Balaban J connectivity index is 1.71. The number of carbonyl (C=O) groups is 1. The molecule has 1 fully saturated rings. The fourth-order valence-electron chi connectivity index (χ4n) is 1.78. The normalized spacial score (nSPS) is 16.5. The standard InChI is InChI=1S/C13H14ClN3OS/c1-7(12(18)15-9-3-4-9)19-13-16-10-5-2-8(14)6-11(10)17-13/h2,5-7,9H,3-4H2,1H3,(H,15,18)(H,16,17)/t7-/m0/s1. The molecule has 2 N–H and O–H groups in total. The number of hydrogen-bond acceptors (Lipinski definition) is 3. The van der Waals surface area contributed by atoms with Crippen molar-refractivity contribution in [3.63, 3.8) is 0 Å². The summed E-state index contributed by atoms with van der Waals surface area (Å²) >= 11 is 7.36. The van der Waals surface area contributed by atoms with Gasteiger partial charge in [0.2, 0.25) is 5.91 Å². The van der Waals surface area contributed by atoms with Crippen LogP contribution in [0.3, 0.4) is 0 Å². The molecule has 100 valence electrons. The van der Waals surface area contributed by atoms with Crippen molar-refractivity contribution in [3.05, 3.63) is 23.2 Å². The Morgan fingerprint density at radius 1 is 1.58 bits per heavy atom. The maximum Gasteiger partial charge on any atom is 0.233 e. The molecular formula is C13H14ClN3OS. The summed E-state index contributed by atoms with van der Waals surface area (Å²) in [6.45, 7) is 1.89. The van der Waals surface area contributed by atoms with E-state index in [4.69, 9.17) is 11.6 Å². The summed E-state index contributed by atoms with van der Waals surface area (Å²) in [5.41, 5.74) is 1.76. The first-order chi connectivity index (χ1) is 9.11. The maximum atomic E-state index is 11.9. The van der Waals surface area contributed by atoms with Crippen molar-refractivity contribution in [2.75, 3.05) is 0 Å². The first-order valence-corrected chi connectivity index (χ1v) is 7.50. The van der Waals surface area contributed by atoms with Gasteiger partial charge in [-0.2, -0.15) is 0 Å². The van der Waals surface area contributed by atoms with Crippen molar-refractivity contribution in [2.45, 2.75) is 36.2 Å². The third-order valence-electron chi connectivity index (χ3n) is 3.00. The smallest absolute Gasteiger partial charge is 0.233 e. The molecule has 1 amide bonds. The number of H-pyrrole nitrogens is 1. The van der Waals surface area contributed by atoms with Crippen LogP contribution in [-0.2, 0) is 4.79 Å². The van der Waals surface area contributed by atoms with Crippen LogP contribution in [-0.4, -0.2) is 27.2 Å². The Labute approximate surface area is 120 Å². The Morgan fingerprint density at radius 2 is 2.37 bits per heavy atom. The van der Waals surface area contributed by atoms with Crippen molar-refractivity contribution < 1.29 is 4.79 Å². The molecule has 0 spiro atoms. The van der Waals surface area contributed by atoms with E-state index in [-0.39, 0.29) is 11.2 Å². The summed E-state index contributed by atoms with van der Waals surface area (Å²) in [4.78, 5) is 19.5. The molecule has 1 aromatic carbocycles. The summed E-state index contributed by atoms with van der Waals surface area (Å²) in [5, 5.41) is 4.26. The molecule has 0 bridgehead atoms. The van der Waals surface area contributed by atoms with Gasteiger partial charge in [-0.1, -0.05) is 23.4 Å². The summed E-state index contributed by atoms with van der Waals surface area (Å²) < 4.78 is 0. The largest absolute Gasteiger partial charge is 0.352 e. The van der Waals surface area contributed by atoms with Gasteiger partial charge in [0.05, 0.1) is 16.3 Å². The lowest BCUT2D eigenvalue weighted by Crippen LogP contribution is -2.32. The van der Waals surface area contributed by atoms with Crippen LogP contribution < -0.4 is 5.32 Å². The van der Waals surface area contributed by atoms with Gasteiger partial charge in [-0.3, -0.25) is 4.79 Å². The van der Waals surface area contributed by atoms with Crippen molar-refractivity contribution in [1.29, 1.82) is 0 Å². The van der Waals surface area contributed by atoms with Gasteiger partial charge in [-0.15, -0.1) is 0 Å². The van der Waals surface area contributed by atoms with E-state index in [1.807, 2.05) is 25.1 Å². The van der Waals surface area contributed by atoms with Crippen molar-refractivity contribution in [1.82, 2.24) is 15.3 Å². The number of carbonyl (C=O) groups excluding carboxylic acids is 1. The lowest BCUT2D eigenvalue weighted by Gasteiger charge is -2.09. The molecule has 3 rings (SSSR count). The molecule has 0 radical (unpaired) electrons. The van der Waals surface area contributed by atoms with Gasteiger partial charge >= 0.3 is 0 Å². The third kappa shape index (κ3) is 3.04. The minimum absolute atomic E-state index is 0.0750. The van der Waals surface area contributed by atoms with Gasteiger partial charge in [0.25, 0.3) is 0 Å². The zero-order valence-corrected chi connectivity index (χ0v) is 12.0. The highest BCUT2D eigenvalue weighted by Crippen LogP contribution is 2.26. The zero-order valence-electron chi connectivity index (χ0n) is 10.4. The molecule has 1 heterocycles. The first kappa shape index (κ1) is 12.8. The number of aromatic amines is 1. The molecule has 0 saturated heterocycles. The van der Waals surface area contributed by atoms with Gasteiger partial charge in [0, 0.05) is 11.1 Å². The van der Waals surface area contributed by atoms with Crippen molar-refractivity contribution >= 4 is 40.3 Å². The zero-order chi connectivity index (χ0) is 13.4. The number of benzene rings is 1. The average Bonchev–Trinajstić information content (AvgIpc) is 3.08. The van der Waals surface area contributed by atoms with E-state index in [0.717, 1.165) is 29.0 Å². The lowest BCUT2D eigenvalue weighted by atomic mass is 10.3. The maximum absolute atomic E-state index is 11.9. The van der Waals surface area contributed by atoms with Crippen LogP contribution in [0.25, 0.3) is 11.0 Å². The summed E-state index contributed by atoms with van der Waals surface area (Å²) in [5.74, 6) is 0.0750. The van der Waals surface area contributed by atoms with Crippen molar-refractivity contribution in [2.24, 2.45) is 0 Å². The molecule has 2 aromatic rings. The predicted molar refractivity (Wildman–Crippen MR) is 77.6 cm³/mol. The topological polar surface area (TPSA) is 57.8 Å². The van der Waals surface area contributed by atoms with E-state index in [1.54, 1.807) is 0 Å². The van der Waals surface area contributed by atoms with Gasteiger partial charge in [-0.05, 0) is 38.0 Å². The number of thioether (sulfide) groups is 1. The molecule has 1 saturated carbocycles. The van der Waals surface area contributed by atoms with Gasteiger partial charge in [-0.25, -0.2) is 4.98 Å². The number of amides is 1. The second kappa shape index (κ2) is 5.06. The number of fused-ring (bicyclic) bond motifs is 1. The minimum atomic E-state index is -0.156. The SMILES string of the molecule is C[C@H](Sc1nc2ccc(Cl)cc2[nH]1)C(=O)NC1CC1. The highest BCUT2D eigenvalue weighted by Gasteiger charge is 2.26. The fourth-order valence-corrected chi connectivity index (χ4v) is 2.78. The second-order valence-electron chi connectivity index (χ2n) is 4.75. The number of hydrogen-bond donors (Lipinski definition) is 2. The van der Waals surface area contributed by atoms with E-state index in [2.05, 4.69) is 15.3 Å².